The molecular weight excluding hydrogens is 504 g/mol. The zero-order valence-electron chi connectivity index (χ0n) is 20.7. The second-order valence-corrected chi connectivity index (χ2v) is 10.3. The molecule has 3 aromatic rings. The van der Waals surface area contributed by atoms with E-state index in [2.05, 4.69) is 5.32 Å². The van der Waals surface area contributed by atoms with E-state index in [4.69, 9.17) is 25.8 Å². The number of sulfonamides is 1. The van der Waals surface area contributed by atoms with Crippen LogP contribution < -0.4 is 23.8 Å². The van der Waals surface area contributed by atoms with E-state index >= 15 is 0 Å². The number of hydrogen-bond donors (Lipinski definition) is 1. The highest BCUT2D eigenvalue weighted by atomic mass is 35.5. The molecule has 1 unspecified atom stereocenters. The zero-order chi connectivity index (χ0) is 26.5. The average Bonchev–Trinajstić information content (AvgIpc) is 2.86. The molecule has 3 rings (SSSR count). The summed E-state index contributed by atoms with van der Waals surface area (Å²) >= 11 is 6.19. The van der Waals surface area contributed by atoms with Gasteiger partial charge >= 0.3 is 0 Å². The third kappa shape index (κ3) is 6.03. The Bertz CT molecular complexity index is 1330. The summed E-state index contributed by atoms with van der Waals surface area (Å²) < 4.78 is 44.4. The molecule has 1 atom stereocenters. The highest BCUT2D eigenvalue weighted by molar-refractivity contribution is 7.92. The summed E-state index contributed by atoms with van der Waals surface area (Å²) in [5.74, 6) is 0.817. The summed E-state index contributed by atoms with van der Waals surface area (Å²) in [5.41, 5.74) is 1.82. The fourth-order valence-electron chi connectivity index (χ4n) is 3.62. The van der Waals surface area contributed by atoms with Gasteiger partial charge in [0.25, 0.3) is 10.0 Å². The lowest BCUT2D eigenvalue weighted by atomic mass is 10.1. The van der Waals surface area contributed by atoms with Crippen LogP contribution in [0.5, 0.6) is 17.2 Å². The summed E-state index contributed by atoms with van der Waals surface area (Å²) in [6.45, 7) is 3.15. The van der Waals surface area contributed by atoms with Crippen molar-refractivity contribution in [2.75, 3.05) is 32.2 Å². The number of amides is 1. The highest BCUT2D eigenvalue weighted by Crippen LogP contribution is 2.35. The van der Waals surface area contributed by atoms with Crippen molar-refractivity contribution in [2.45, 2.75) is 24.8 Å². The fourth-order valence-corrected chi connectivity index (χ4v) is 5.21. The van der Waals surface area contributed by atoms with Gasteiger partial charge < -0.3 is 19.5 Å². The van der Waals surface area contributed by atoms with E-state index in [1.165, 1.54) is 39.5 Å². The lowest BCUT2D eigenvalue weighted by Gasteiger charge is -2.26. The largest absolute Gasteiger partial charge is 0.495 e. The molecule has 0 aliphatic rings. The third-order valence-electron chi connectivity index (χ3n) is 5.59. The van der Waals surface area contributed by atoms with Crippen LogP contribution in [-0.4, -0.2) is 42.2 Å². The van der Waals surface area contributed by atoms with E-state index in [1.807, 2.05) is 6.92 Å². The molecule has 192 valence electrons. The van der Waals surface area contributed by atoms with Gasteiger partial charge in [-0.25, -0.2) is 8.42 Å². The first-order chi connectivity index (χ1) is 17.1. The van der Waals surface area contributed by atoms with Gasteiger partial charge in [-0.2, -0.15) is 0 Å². The normalized spacial score (nSPS) is 11.9. The van der Waals surface area contributed by atoms with E-state index in [0.29, 0.717) is 16.5 Å². The van der Waals surface area contributed by atoms with Crippen LogP contribution in [0.3, 0.4) is 0 Å². The maximum Gasteiger partial charge on any atom is 0.264 e. The van der Waals surface area contributed by atoms with E-state index in [9.17, 15) is 13.2 Å². The predicted molar refractivity (Wildman–Crippen MR) is 140 cm³/mol. The fraction of sp³-hybridized carbons (Fsp3) is 0.269. The van der Waals surface area contributed by atoms with Crippen LogP contribution in [0.4, 0.5) is 5.69 Å². The smallest absolute Gasteiger partial charge is 0.264 e. The van der Waals surface area contributed by atoms with Crippen LogP contribution >= 0.6 is 11.6 Å². The Morgan fingerprint density at radius 1 is 0.917 bits per heavy atom. The van der Waals surface area contributed by atoms with Gasteiger partial charge in [-0.3, -0.25) is 9.10 Å². The Morgan fingerprint density at radius 3 is 2.14 bits per heavy atom. The predicted octanol–water partition coefficient (Wildman–Crippen LogP) is 4.75. The van der Waals surface area contributed by atoms with Gasteiger partial charge in [-0.15, -0.1) is 0 Å². The van der Waals surface area contributed by atoms with Gasteiger partial charge in [-0.1, -0.05) is 35.4 Å². The number of ether oxygens (including phenoxy) is 3. The average molecular weight is 533 g/mol. The molecule has 3 aromatic carbocycles. The van der Waals surface area contributed by atoms with Crippen molar-refractivity contribution in [3.63, 3.8) is 0 Å². The zero-order valence-corrected chi connectivity index (χ0v) is 22.3. The quantitative estimate of drug-likeness (QED) is 0.405. The third-order valence-corrected chi connectivity index (χ3v) is 7.60. The lowest BCUT2D eigenvalue weighted by molar-refractivity contribution is -0.120. The van der Waals surface area contributed by atoms with Crippen molar-refractivity contribution in [3.05, 3.63) is 76.8 Å². The molecule has 8 nitrogen and oxygen atoms in total. The number of carbonyl (C=O) groups excluding carboxylic acids is 1. The number of benzene rings is 3. The molecule has 0 aliphatic carbocycles. The van der Waals surface area contributed by atoms with Crippen molar-refractivity contribution in [1.82, 2.24) is 5.32 Å². The molecule has 0 spiro atoms. The molecule has 0 aliphatic heterocycles. The summed E-state index contributed by atoms with van der Waals surface area (Å²) in [7, 11) is 0.344. The van der Waals surface area contributed by atoms with E-state index in [-0.39, 0.29) is 16.3 Å². The molecular formula is C26H29ClN2O6S. The van der Waals surface area contributed by atoms with Gasteiger partial charge in [0.15, 0.2) is 11.5 Å². The van der Waals surface area contributed by atoms with Crippen molar-refractivity contribution >= 4 is 33.2 Å². The monoisotopic (exact) mass is 532 g/mol. The van der Waals surface area contributed by atoms with Crippen molar-refractivity contribution in [1.29, 1.82) is 0 Å². The number of nitrogens with one attached hydrogen (secondary N) is 1. The number of carbonyl (C=O) groups is 1. The molecule has 0 bridgehead atoms. The first-order valence-electron chi connectivity index (χ1n) is 11.0. The second-order valence-electron chi connectivity index (χ2n) is 8.04. The molecule has 0 aromatic heterocycles. The summed E-state index contributed by atoms with van der Waals surface area (Å²) in [4.78, 5) is 13.2. The van der Waals surface area contributed by atoms with Crippen molar-refractivity contribution in [2.24, 2.45) is 0 Å². The van der Waals surface area contributed by atoms with Gasteiger partial charge in [0.05, 0.1) is 38.0 Å². The van der Waals surface area contributed by atoms with Crippen LogP contribution in [0.15, 0.2) is 65.6 Å². The molecule has 0 saturated heterocycles. The van der Waals surface area contributed by atoms with E-state index in [0.717, 1.165) is 15.4 Å². The summed E-state index contributed by atoms with van der Waals surface area (Å²) in [6.07, 6.45) is 0. The Kier molecular flexibility index (Phi) is 8.70. The van der Waals surface area contributed by atoms with Crippen LogP contribution in [0.2, 0.25) is 5.02 Å². The molecule has 1 N–H and O–H groups in total. The SMILES string of the molecule is COc1ccc(C(C)NC(=O)CN(c2cc(Cl)ccc2OC)S(=O)(=O)c2ccc(C)cc2)cc1OC. The molecule has 10 heteroatoms. The van der Waals surface area contributed by atoms with Gasteiger partial charge in [0.2, 0.25) is 5.91 Å². The number of halogens is 1. The molecule has 0 fully saturated rings. The van der Waals surface area contributed by atoms with Gasteiger partial charge in [0, 0.05) is 5.02 Å². The van der Waals surface area contributed by atoms with Crippen molar-refractivity contribution in [3.8, 4) is 17.2 Å². The van der Waals surface area contributed by atoms with Crippen LogP contribution in [-0.2, 0) is 14.8 Å². The van der Waals surface area contributed by atoms with E-state index in [1.54, 1.807) is 49.4 Å². The standard InChI is InChI=1S/C26H29ClN2O6S/c1-17-6-10-21(11-7-17)36(31,32)29(22-15-20(27)9-13-23(22)33-3)16-26(30)28-18(2)19-8-12-24(34-4)25(14-19)35-5/h6-15,18H,16H2,1-5H3,(H,28,30). The first kappa shape index (κ1) is 27.2. The van der Waals surface area contributed by atoms with Crippen LogP contribution in [0.25, 0.3) is 0 Å². The number of hydrogen-bond acceptors (Lipinski definition) is 6. The maximum atomic E-state index is 13.7. The van der Waals surface area contributed by atoms with Gasteiger partial charge in [-0.05, 0) is 61.9 Å². The highest BCUT2D eigenvalue weighted by Gasteiger charge is 2.30. The first-order valence-corrected chi connectivity index (χ1v) is 12.9. The van der Waals surface area contributed by atoms with E-state index < -0.39 is 28.5 Å². The molecule has 0 heterocycles. The Hall–Kier alpha value is -3.43. The number of rotatable bonds is 10. The Balaban J connectivity index is 1.95. The maximum absolute atomic E-state index is 13.7. The Labute approximate surface area is 216 Å². The number of aryl methyl sites for hydroxylation is 1. The summed E-state index contributed by atoms with van der Waals surface area (Å²) in [6, 6.07) is 15.8. The van der Waals surface area contributed by atoms with Gasteiger partial charge in [0.1, 0.15) is 12.3 Å². The second kappa shape index (κ2) is 11.5. The van der Waals surface area contributed by atoms with Crippen LogP contribution in [0, 0.1) is 6.92 Å². The number of methoxy groups -OCH3 is 3. The molecule has 0 radical (unpaired) electrons. The lowest BCUT2D eigenvalue weighted by Crippen LogP contribution is -2.41. The topological polar surface area (TPSA) is 94.2 Å². The summed E-state index contributed by atoms with van der Waals surface area (Å²) in [5, 5.41) is 3.15. The minimum Gasteiger partial charge on any atom is -0.495 e. The Morgan fingerprint density at radius 2 is 1.53 bits per heavy atom. The van der Waals surface area contributed by atoms with Crippen LogP contribution in [0.1, 0.15) is 24.1 Å². The number of nitrogens with zero attached hydrogens (tertiary/aromatic N) is 1. The molecule has 36 heavy (non-hydrogen) atoms. The minimum absolute atomic E-state index is 0.0378. The molecule has 1 amide bonds. The molecule has 0 saturated carbocycles. The minimum atomic E-state index is -4.14. The number of anilines is 1. The van der Waals surface area contributed by atoms with Crippen molar-refractivity contribution < 1.29 is 27.4 Å².